The molecule has 1 aromatic rings. The second-order valence-electron chi connectivity index (χ2n) is 8.03. The molecule has 1 aliphatic rings. The van der Waals surface area contributed by atoms with Crippen molar-refractivity contribution in [1.29, 1.82) is 0 Å². The Balaban J connectivity index is 2.52. The monoisotopic (exact) mass is 393 g/mol. The molecule has 27 heavy (non-hydrogen) atoms. The molecule has 1 saturated heterocycles. The molecule has 3 atom stereocenters. The largest absolute Gasteiger partial charge is 0.459 e. The second-order valence-corrected chi connectivity index (χ2v) is 9.92. The number of sulfonamides is 1. The van der Waals surface area contributed by atoms with Crippen LogP contribution in [0.2, 0.25) is 0 Å². The number of aldehydes is 1. The molecule has 1 heterocycles. The molecule has 1 aromatic carbocycles. The van der Waals surface area contributed by atoms with Crippen LogP contribution in [-0.2, 0) is 24.3 Å². The van der Waals surface area contributed by atoms with Gasteiger partial charge in [-0.05, 0) is 46.8 Å². The maximum atomic E-state index is 13.2. The Morgan fingerprint density at radius 1 is 1.26 bits per heavy atom. The van der Waals surface area contributed by atoms with Crippen molar-refractivity contribution in [2.24, 2.45) is 11.8 Å². The summed E-state index contributed by atoms with van der Waals surface area (Å²) >= 11 is 0. The van der Waals surface area contributed by atoms with Gasteiger partial charge in [0.1, 0.15) is 17.9 Å². The predicted molar refractivity (Wildman–Crippen MR) is 103 cm³/mol. The standard InChI is InChI=1S/C20H27NO5S/c1-13(2)16-11-21(27(24,25)15-9-7-14(3)8-10-15)18(17(16)12-22)19(23)26-20(4,5)6/h7-10,12,16-18H,1,11H2,2-6H3/t16-,17-,18-/m0/s1. The van der Waals surface area contributed by atoms with Crippen LogP contribution in [0.25, 0.3) is 0 Å². The summed E-state index contributed by atoms with van der Waals surface area (Å²) in [6.45, 7) is 12.6. The van der Waals surface area contributed by atoms with Gasteiger partial charge in [-0.3, -0.25) is 4.79 Å². The lowest BCUT2D eigenvalue weighted by atomic mass is 9.87. The number of rotatable bonds is 5. The molecule has 2 rings (SSSR count). The van der Waals surface area contributed by atoms with E-state index >= 15 is 0 Å². The Hall–Kier alpha value is -1.99. The number of esters is 1. The van der Waals surface area contributed by atoms with E-state index in [-0.39, 0.29) is 11.4 Å². The van der Waals surface area contributed by atoms with E-state index in [2.05, 4.69) is 6.58 Å². The third kappa shape index (κ3) is 4.47. The van der Waals surface area contributed by atoms with Gasteiger partial charge in [0.05, 0.1) is 4.90 Å². The molecule has 1 fully saturated rings. The van der Waals surface area contributed by atoms with E-state index in [1.54, 1.807) is 39.8 Å². The smallest absolute Gasteiger partial charge is 0.325 e. The number of hydrogen-bond donors (Lipinski definition) is 0. The number of benzene rings is 1. The minimum atomic E-state index is -3.98. The summed E-state index contributed by atoms with van der Waals surface area (Å²) in [6, 6.07) is 5.18. The molecule has 0 saturated carbocycles. The number of hydrogen-bond acceptors (Lipinski definition) is 5. The van der Waals surface area contributed by atoms with Gasteiger partial charge in [-0.15, -0.1) is 0 Å². The van der Waals surface area contributed by atoms with Crippen LogP contribution in [0.15, 0.2) is 41.3 Å². The molecule has 0 N–H and O–H groups in total. The summed E-state index contributed by atoms with van der Waals surface area (Å²) < 4.78 is 33.0. The fourth-order valence-electron chi connectivity index (χ4n) is 3.22. The van der Waals surface area contributed by atoms with Crippen molar-refractivity contribution in [3.8, 4) is 0 Å². The lowest BCUT2D eigenvalue weighted by Gasteiger charge is -2.28. The van der Waals surface area contributed by atoms with Gasteiger partial charge in [-0.2, -0.15) is 4.31 Å². The van der Waals surface area contributed by atoms with Crippen molar-refractivity contribution in [2.75, 3.05) is 6.54 Å². The van der Waals surface area contributed by atoms with Crippen LogP contribution in [0.4, 0.5) is 0 Å². The zero-order valence-electron chi connectivity index (χ0n) is 16.4. The number of aryl methyl sites for hydroxylation is 1. The van der Waals surface area contributed by atoms with Crippen molar-refractivity contribution in [2.45, 2.75) is 51.2 Å². The van der Waals surface area contributed by atoms with Gasteiger partial charge in [0, 0.05) is 18.4 Å². The molecule has 148 valence electrons. The predicted octanol–water partition coefficient (Wildman–Crippen LogP) is 2.72. The average Bonchev–Trinajstić information content (AvgIpc) is 2.94. The van der Waals surface area contributed by atoms with Crippen LogP contribution in [0.1, 0.15) is 33.3 Å². The first-order valence-corrected chi connectivity index (χ1v) is 10.2. The van der Waals surface area contributed by atoms with Crippen LogP contribution in [0.3, 0.4) is 0 Å². The first-order valence-electron chi connectivity index (χ1n) is 8.80. The molecule has 7 heteroatoms. The highest BCUT2D eigenvalue weighted by molar-refractivity contribution is 7.89. The Kier molecular flexibility index (Phi) is 5.97. The van der Waals surface area contributed by atoms with E-state index in [9.17, 15) is 18.0 Å². The van der Waals surface area contributed by atoms with Gasteiger partial charge < -0.3 is 9.53 Å². The summed E-state index contributed by atoms with van der Waals surface area (Å²) in [5.41, 5.74) is 0.775. The van der Waals surface area contributed by atoms with Crippen molar-refractivity contribution < 1.29 is 22.7 Å². The molecule has 0 aromatic heterocycles. The van der Waals surface area contributed by atoms with Gasteiger partial charge in [-0.1, -0.05) is 29.8 Å². The van der Waals surface area contributed by atoms with Gasteiger partial charge in [-0.25, -0.2) is 8.42 Å². The fourth-order valence-corrected chi connectivity index (χ4v) is 4.86. The van der Waals surface area contributed by atoms with Crippen LogP contribution in [0.5, 0.6) is 0 Å². The zero-order chi connectivity index (χ0) is 20.6. The number of nitrogens with zero attached hydrogens (tertiary/aromatic N) is 1. The van der Waals surface area contributed by atoms with Gasteiger partial charge >= 0.3 is 5.97 Å². The minimum absolute atomic E-state index is 0.0128. The van der Waals surface area contributed by atoms with Crippen LogP contribution in [-0.4, -0.2) is 43.2 Å². The first kappa shape index (κ1) is 21.3. The number of carbonyl (C=O) groups is 2. The van der Waals surface area contributed by atoms with Crippen molar-refractivity contribution in [3.05, 3.63) is 42.0 Å². The van der Waals surface area contributed by atoms with E-state index in [4.69, 9.17) is 4.74 Å². The summed E-state index contributed by atoms with van der Waals surface area (Å²) in [6.07, 6.45) is 0.637. The molecule has 0 unspecified atom stereocenters. The summed E-state index contributed by atoms with van der Waals surface area (Å²) in [5, 5.41) is 0. The van der Waals surface area contributed by atoms with E-state index < -0.39 is 39.5 Å². The van der Waals surface area contributed by atoms with Gasteiger partial charge in [0.25, 0.3) is 0 Å². The molecule has 6 nitrogen and oxygen atoms in total. The van der Waals surface area contributed by atoms with Crippen molar-refractivity contribution in [1.82, 2.24) is 4.31 Å². The van der Waals surface area contributed by atoms with Crippen LogP contribution < -0.4 is 0 Å². The maximum absolute atomic E-state index is 13.2. The highest BCUT2D eigenvalue weighted by Gasteiger charge is 2.52. The summed E-state index contributed by atoms with van der Waals surface area (Å²) in [5.74, 6) is -2.00. The third-order valence-corrected chi connectivity index (χ3v) is 6.44. The third-order valence-electron chi connectivity index (χ3n) is 4.58. The molecular formula is C20H27NO5S. The maximum Gasteiger partial charge on any atom is 0.325 e. The molecule has 0 radical (unpaired) electrons. The van der Waals surface area contributed by atoms with Crippen LogP contribution in [0, 0.1) is 18.8 Å². The normalized spacial score (nSPS) is 23.8. The molecule has 0 spiro atoms. The molecule has 0 bridgehead atoms. The van der Waals surface area contributed by atoms with Gasteiger partial charge in [0.2, 0.25) is 10.0 Å². The summed E-state index contributed by atoms with van der Waals surface area (Å²) in [7, 11) is -3.98. The molecule has 0 amide bonds. The topological polar surface area (TPSA) is 80.8 Å². The van der Waals surface area contributed by atoms with E-state index in [0.717, 1.165) is 9.87 Å². The average molecular weight is 394 g/mol. The van der Waals surface area contributed by atoms with Crippen LogP contribution >= 0.6 is 0 Å². The summed E-state index contributed by atoms with van der Waals surface area (Å²) in [4.78, 5) is 24.7. The lowest BCUT2D eigenvalue weighted by molar-refractivity contribution is -0.160. The van der Waals surface area contributed by atoms with Gasteiger partial charge in [0.15, 0.2) is 0 Å². The molecule has 0 aliphatic carbocycles. The van der Waals surface area contributed by atoms with Crippen molar-refractivity contribution in [3.63, 3.8) is 0 Å². The molecular weight excluding hydrogens is 366 g/mol. The lowest BCUT2D eigenvalue weighted by Crippen LogP contribution is -2.46. The highest BCUT2D eigenvalue weighted by atomic mass is 32.2. The minimum Gasteiger partial charge on any atom is -0.459 e. The zero-order valence-corrected chi connectivity index (χ0v) is 17.2. The number of ether oxygens (including phenoxy) is 1. The SMILES string of the molecule is C=C(C)[C@@H]1CN(S(=O)(=O)c2ccc(C)cc2)[C@H](C(=O)OC(C)(C)C)[C@H]1C=O. The Labute approximate surface area is 161 Å². The Morgan fingerprint density at radius 2 is 1.81 bits per heavy atom. The fraction of sp³-hybridized carbons (Fsp3) is 0.500. The van der Waals surface area contributed by atoms with E-state index in [0.29, 0.717) is 11.9 Å². The number of carbonyl (C=O) groups excluding carboxylic acids is 2. The quantitative estimate of drug-likeness (QED) is 0.436. The Morgan fingerprint density at radius 3 is 2.26 bits per heavy atom. The van der Waals surface area contributed by atoms with E-state index in [1.807, 2.05) is 6.92 Å². The highest BCUT2D eigenvalue weighted by Crippen LogP contribution is 2.37. The first-order chi connectivity index (χ1) is 12.4. The Bertz CT molecular complexity index is 836. The van der Waals surface area contributed by atoms with Crippen molar-refractivity contribution >= 4 is 22.3 Å². The second kappa shape index (κ2) is 7.56. The van der Waals surface area contributed by atoms with E-state index in [1.165, 1.54) is 12.1 Å². The molecule has 1 aliphatic heterocycles.